The summed E-state index contributed by atoms with van der Waals surface area (Å²) in [5.41, 5.74) is 6.04. The summed E-state index contributed by atoms with van der Waals surface area (Å²) < 4.78 is 10.00. The van der Waals surface area contributed by atoms with Gasteiger partial charge in [0, 0.05) is 32.3 Å². The van der Waals surface area contributed by atoms with Gasteiger partial charge in [0.2, 0.25) is 0 Å². The number of ether oxygens (including phenoxy) is 1. The van der Waals surface area contributed by atoms with Gasteiger partial charge in [0.1, 0.15) is 6.26 Å². The van der Waals surface area contributed by atoms with Crippen LogP contribution < -0.4 is 5.73 Å². The summed E-state index contributed by atoms with van der Waals surface area (Å²) in [6, 6.07) is 1.58. The molecule has 0 bridgehead atoms. The molecule has 0 saturated carbocycles. The molecule has 1 amide bonds. The van der Waals surface area contributed by atoms with Crippen molar-refractivity contribution in [2.45, 2.75) is 25.0 Å². The Labute approximate surface area is 99.7 Å². The van der Waals surface area contributed by atoms with Crippen LogP contribution in [0.2, 0.25) is 0 Å². The molecule has 0 radical (unpaired) electrons. The number of rotatable bonds is 3. The maximum Gasteiger partial charge on any atom is 0.276 e. The molecule has 1 aliphatic rings. The molecule has 1 saturated heterocycles. The molecule has 0 aromatic carbocycles. The Kier molecular flexibility index (Phi) is 3.75. The molecule has 2 N–H and O–H groups in total. The zero-order chi connectivity index (χ0) is 12.3. The van der Waals surface area contributed by atoms with Crippen molar-refractivity contribution in [3.05, 3.63) is 18.0 Å². The molecule has 2 rings (SSSR count). The van der Waals surface area contributed by atoms with Crippen LogP contribution in [0.3, 0.4) is 0 Å². The Morgan fingerprint density at radius 2 is 2.59 bits per heavy atom. The number of hydrogen-bond donors (Lipinski definition) is 1. The van der Waals surface area contributed by atoms with Crippen LogP contribution in [-0.2, 0) is 4.74 Å². The number of nitrogens with zero attached hydrogens (tertiary/aromatic N) is 2. The largest absolute Gasteiger partial charge is 0.381 e. The van der Waals surface area contributed by atoms with E-state index in [2.05, 4.69) is 9.68 Å². The Morgan fingerprint density at radius 1 is 1.76 bits per heavy atom. The van der Waals surface area contributed by atoms with Crippen LogP contribution in [0.15, 0.2) is 16.9 Å². The molecule has 1 fully saturated rings. The van der Waals surface area contributed by atoms with Gasteiger partial charge in [-0.1, -0.05) is 5.16 Å². The van der Waals surface area contributed by atoms with Crippen molar-refractivity contribution in [3.8, 4) is 0 Å². The summed E-state index contributed by atoms with van der Waals surface area (Å²) in [7, 11) is 1.69. The summed E-state index contributed by atoms with van der Waals surface area (Å²) in [5.74, 6) is -0.122. The number of amides is 1. The summed E-state index contributed by atoms with van der Waals surface area (Å²) in [6.45, 7) is 1.08. The fraction of sp³-hybridized carbons (Fsp3) is 0.636. The lowest BCUT2D eigenvalue weighted by molar-refractivity contribution is 0.0134. The molecule has 0 spiro atoms. The molecule has 1 aromatic heterocycles. The van der Waals surface area contributed by atoms with Crippen LogP contribution in [0.25, 0.3) is 0 Å². The minimum absolute atomic E-state index is 0.0119. The van der Waals surface area contributed by atoms with E-state index < -0.39 is 0 Å². The van der Waals surface area contributed by atoms with E-state index in [1.165, 1.54) is 6.26 Å². The Balaban J connectivity index is 2.07. The standard InChI is InChI=1S/C11H17N3O3/c1-16-9-2-4-14(8(6-9)7-12)11(15)10-3-5-17-13-10/h3,5,8-9H,2,4,6-7,12H2,1H3. The van der Waals surface area contributed by atoms with Gasteiger partial charge in [-0.25, -0.2) is 0 Å². The number of likely N-dealkylation sites (tertiary alicyclic amines) is 1. The molecular weight excluding hydrogens is 222 g/mol. The molecule has 6 nitrogen and oxygen atoms in total. The van der Waals surface area contributed by atoms with Gasteiger partial charge in [-0.15, -0.1) is 0 Å². The van der Waals surface area contributed by atoms with E-state index in [0.717, 1.165) is 12.8 Å². The first-order valence-corrected chi connectivity index (χ1v) is 5.70. The number of carbonyl (C=O) groups excluding carboxylic acids is 1. The first-order valence-electron chi connectivity index (χ1n) is 5.70. The second-order valence-electron chi connectivity index (χ2n) is 4.15. The number of carbonyl (C=O) groups is 1. The second-order valence-corrected chi connectivity index (χ2v) is 4.15. The second kappa shape index (κ2) is 5.29. The molecule has 2 atom stereocenters. The zero-order valence-corrected chi connectivity index (χ0v) is 9.83. The molecule has 1 aromatic rings. The van der Waals surface area contributed by atoms with Gasteiger partial charge in [0.15, 0.2) is 5.69 Å². The first-order chi connectivity index (χ1) is 8.26. The van der Waals surface area contributed by atoms with Gasteiger partial charge in [0.25, 0.3) is 5.91 Å². The molecule has 0 aliphatic carbocycles. The third kappa shape index (κ3) is 2.48. The lowest BCUT2D eigenvalue weighted by Gasteiger charge is -2.38. The molecule has 2 heterocycles. The Hall–Kier alpha value is -1.40. The maximum absolute atomic E-state index is 12.1. The minimum Gasteiger partial charge on any atom is -0.381 e. The highest BCUT2D eigenvalue weighted by atomic mass is 16.5. The van der Waals surface area contributed by atoms with Crippen molar-refractivity contribution in [3.63, 3.8) is 0 Å². The van der Waals surface area contributed by atoms with Crippen LogP contribution in [0.5, 0.6) is 0 Å². The van der Waals surface area contributed by atoms with E-state index in [1.807, 2.05) is 0 Å². The average molecular weight is 239 g/mol. The van der Waals surface area contributed by atoms with Crippen molar-refractivity contribution in [2.24, 2.45) is 5.73 Å². The molecule has 1 aliphatic heterocycles. The number of piperidine rings is 1. The highest BCUT2D eigenvalue weighted by Crippen LogP contribution is 2.20. The third-order valence-corrected chi connectivity index (χ3v) is 3.19. The van der Waals surface area contributed by atoms with Gasteiger partial charge >= 0.3 is 0 Å². The van der Waals surface area contributed by atoms with Crippen LogP contribution >= 0.6 is 0 Å². The first kappa shape index (κ1) is 12.1. The van der Waals surface area contributed by atoms with Gasteiger partial charge in [-0.05, 0) is 12.8 Å². The summed E-state index contributed by atoms with van der Waals surface area (Å²) in [6.07, 6.45) is 3.18. The molecular formula is C11H17N3O3. The van der Waals surface area contributed by atoms with E-state index in [-0.39, 0.29) is 18.1 Å². The summed E-state index contributed by atoms with van der Waals surface area (Å²) in [5, 5.41) is 3.66. The minimum atomic E-state index is -0.122. The van der Waals surface area contributed by atoms with Gasteiger partial charge in [-0.2, -0.15) is 0 Å². The predicted molar refractivity (Wildman–Crippen MR) is 60.4 cm³/mol. The smallest absolute Gasteiger partial charge is 0.276 e. The highest BCUT2D eigenvalue weighted by Gasteiger charge is 2.32. The van der Waals surface area contributed by atoms with Crippen LogP contribution in [-0.4, -0.2) is 48.3 Å². The number of aromatic nitrogens is 1. The van der Waals surface area contributed by atoms with Crippen molar-refractivity contribution in [1.29, 1.82) is 0 Å². The maximum atomic E-state index is 12.1. The number of methoxy groups -OCH3 is 1. The van der Waals surface area contributed by atoms with Crippen LogP contribution in [0, 0.1) is 0 Å². The SMILES string of the molecule is COC1CCN(C(=O)c2ccon2)C(CN)C1. The van der Waals surface area contributed by atoms with Crippen LogP contribution in [0.4, 0.5) is 0 Å². The van der Waals surface area contributed by atoms with E-state index in [4.69, 9.17) is 10.5 Å². The van der Waals surface area contributed by atoms with E-state index in [9.17, 15) is 4.79 Å². The van der Waals surface area contributed by atoms with Crippen molar-refractivity contribution in [2.75, 3.05) is 20.2 Å². The van der Waals surface area contributed by atoms with E-state index in [0.29, 0.717) is 18.8 Å². The molecule has 2 unspecified atom stereocenters. The monoisotopic (exact) mass is 239 g/mol. The van der Waals surface area contributed by atoms with Crippen molar-refractivity contribution < 1.29 is 14.1 Å². The fourth-order valence-corrected chi connectivity index (χ4v) is 2.19. The Morgan fingerprint density at radius 3 is 3.18 bits per heavy atom. The lowest BCUT2D eigenvalue weighted by atomic mass is 9.99. The average Bonchev–Trinajstić information content (AvgIpc) is 2.91. The Bertz CT molecular complexity index is 366. The number of nitrogens with two attached hydrogens (primary N) is 1. The molecule has 94 valence electrons. The quantitative estimate of drug-likeness (QED) is 0.817. The molecule has 17 heavy (non-hydrogen) atoms. The van der Waals surface area contributed by atoms with E-state index >= 15 is 0 Å². The van der Waals surface area contributed by atoms with Crippen LogP contribution in [0.1, 0.15) is 23.3 Å². The highest BCUT2D eigenvalue weighted by molar-refractivity contribution is 5.92. The topological polar surface area (TPSA) is 81.6 Å². The summed E-state index contributed by atoms with van der Waals surface area (Å²) >= 11 is 0. The lowest BCUT2D eigenvalue weighted by Crippen LogP contribution is -2.51. The van der Waals surface area contributed by atoms with Crippen molar-refractivity contribution >= 4 is 5.91 Å². The normalized spacial score (nSPS) is 24.9. The zero-order valence-electron chi connectivity index (χ0n) is 9.83. The summed E-state index contributed by atoms with van der Waals surface area (Å²) in [4.78, 5) is 13.9. The van der Waals surface area contributed by atoms with Gasteiger partial charge in [0.05, 0.1) is 6.10 Å². The van der Waals surface area contributed by atoms with Gasteiger partial charge in [-0.3, -0.25) is 4.79 Å². The van der Waals surface area contributed by atoms with Gasteiger partial charge < -0.3 is 19.9 Å². The molecule has 6 heteroatoms. The third-order valence-electron chi connectivity index (χ3n) is 3.19. The fourth-order valence-electron chi connectivity index (χ4n) is 2.19. The van der Waals surface area contributed by atoms with Crippen molar-refractivity contribution in [1.82, 2.24) is 10.1 Å². The predicted octanol–water partition coefficient (Wildman–Crippen LogP) is 0.253. The van der Waals surface area contributed by atoms with E-state index in [1.54, 1.807) is 18.1 Å². The number of hydrogen-bond acceptors (Lipinski definition) is 5.